The van der Waals surface area contributed by atoms with Crippen molar-refractivity contribution in [3.8, 4) is 5.75 Å². The number of likely N-dealkylation sites (tertiary alicyclic amines) is 1. The van der Waals surface area contributed by atoms with Crippen LogP contribution in [0.1, 0.15) is 45.7 Å². The smallest absolute Gasteiger partial charge is 0.304 e. The topological polar surface area (TPSA) is 70.0 Å². The van der Waals surface area contributed by atoms with E-state index in [4.69, 9.17) is 4.74 Å². The second-order valence-electron chi connectivity index (χ2n) is 8.96. The van der Waals surface area contributed by atoms with Gasteiger partial charge in [0, 0.05) is 34.5 Å². The highest BCUT2D eigenvalue weighted by Crippen LogP contribution is 2.39. The molecule has 1 aromatic carbocycles. The summed E-state index contributed by atoms with van der Waals surface area (Å²) < 4.78 is 5.24. The number of aryl methyl sites for hydroxylation is 2. The molecule has 0 aliphatic carbocycles. The normalized spacial score (nSPS) is 20.4. The summed E-state index contributed by atoms with van der Waals surface area (Å²) in [5.74, 6) is -0.108. The molecule has 1 aliphatic heterocycles. The first-order valence-electron chi connectivity index (χ1n) is 11.4. The zero-order valence-corrected chi connectivity index (χ0v) is 21.4. The Morgan fingerprint density at radius 1 is 1.12 bits per heavy atom. The molecule has 0 unspecified atom stereocenters. The number of thiophene rings is 2. The highest BCUT2D eigenvalue weighted by molar-refractivity contribution is 7.14. The van der Waals surface area contributed by atoms with Gasteiger partial charge in [-0.15, -0.1) is 22.7 Å². The molecule has 2 atom stereocenters. The van der Waals surface area contributed by atoms with Crippen molar-refractivity contribution in [1.82, 2.24) is 4.90 Å². The van der Waals surface area contributed by atoms with E-state index in [1.165, 1.54) is 26.5 Å². The number of aliphatic carboxylic acids is 1. The first-order chi connectivity index (χ1) is 16.3. The SMILES string of the molecule is COc1ccc([C@@]2(O)C[C@@H](CC(=O)O)N(CCC=C(c3sccc3C)c3sccc3C)C2)cc1. The minimum atomic E-state index is -1.08. The maximum absolute atomic E-state index is 11.6. The average Bonchev–Trinajstić information content (AvgIpc) is 3.51. The molecule has 1 saturated heterocycles. The Morgan fingerprint density at radius 3 is 2.24 bits per heavy atom. The third kappa shape index (κ3) is 5.28. The van der Waals surface area contributed by atoms with Gasteiger partial charge < -0.3 is 14.9 Å². The lowest BCUT2D eigenvalue weighted by molar-refractivity contribution is -0.138. The van der Waals surface area contributed by atoms with Gasteiger partial charge in [-0.1, -0.05) is 18.2 Å². The van der Waals surface area contributed by atoms with Crippen LogP contribution in [0.25, 0.3) is 5.57 Å². The van der Waals surface area contributed by atoms with Gasteiger partial charge in [0.1, 0.15) is 11.4 Å². The molecule has 0 bridgehead atoms. The van der Waals surface area contributed by atoms with E-state index in [0.717, 1.165) is 17.7 Å². The van der Waals surface area contributed by atoms with Crippen LogP contribution in [0, 0.1) is 13.8 Å². The second kappa shape index (κ2) is 10.4. The summed E-state index contributed by atoms with van der Waals surface area (Å²) in [7, 11) is 1.61. The Balaban J connectivity index is 1.55. The zero-order chi connectivity index (χ0) is 24.3. The van der Waals surface area contributed by atoms with Gasteiger partial charge >= 0.3 is 5.97 Å². The molecule has 0 spiro atoms. The third-order valence-electron chi connectivity index (χ3n) is 6.57. The largest absolute Gasteiger partial charge is 0.497 e. The van der Waals surface area contributed by atoms with Crippen LogP contribution in [0.4, 0.5) is 0 Å². The second-order valence-corrected chi connectivity index (χ2v) is 10.8. The lowest BCUT2D eigenvalue weighted by Gasteiger charge is -2.24. The Labute approximate surface area is 208 Å². The molecule has 0 amide bonds. The monoisotopic (exact) mass is 497 g/mol. The molecular weight excluding hydrogens is 466 g/mol. The fraction of sp³-hybridized carbons (Fsp3) is 0.370. The van der Waals surface area contributed by atoms with Crippen molar-refractivity contribution in [3.63, 3.8) is 0 Å². The molecule has 180 valence electrons. The van der Waals surface area contributed by atoms with Crippen molar-refractivity contribution in [2.75, 3.05) is 20.2 Å². The number of benzene rings is 1. The molecule has 1 fully saturated rings. The number of carboxylic acids is 1. The number of rotatable bonds is 9. The van der Waals surface area contributed by atoms with E-state index in [2.05, 4.69) is 47.7 Å². The molecule has 3 aromatic rings. The van der Waals surface area contributed by atoms with Crippen LogP contribution >= 0.6 is 22.7 Å². The minimum absolute atomic E-state index is 0.0170. The minimum Gasteiger partial charge on any atom is -0.497 e. The maximum atomic E-state index is 11.6. The number of nitrogens with zero attached hydrogens (tertiary/aromatic N) is 1. The summed E-state index contributed by atoms with van der Waals surface area (Å²) in [5.41, 5.74) is 3.50. The van der Waals surface area contributed by atoms with Gasteiger partial charge in [0.05, 0.1) is 13.5 Å². The number of aliphatic hydroxyl groups is 1. The summed E-state index contributed by atoms with van der Waals surface area (Å²) in [5, 5.41) is 25.2. The predicted octanol–water partition coefficient (Wildman–Crippen LogP) is 5.69. The lowest BCUT2D eigenvalue weighted by atomic mass is 9.90. The standard InChI is InChI=1S/C27H31NO4S2/c1-18-10-13-33-25(18)23(26-19(2)11-14-34-26)5-4-12-28-17-27(31,16-21(28)15-24(29)30)20-6-8-22(32-3)9-7-20/h5-11,13-14,21,31H,4,12,15-17H2,1-3H3,(H,29,30)/t21-,27-/m1/s1. The van der Waals surface area contributed by atoms with E-state index >= 15 is 0 Å². The van der Waals surface area contributed by atoms with Gasteiger partial charge in [-0.05, 0) is 78.4 Å². The Bertz CT molecular complexity index is 1120. The molecule has 0 radical (unpaired) electrons. The number of methoxy groups -OCH3 is 1. The first kappa shape index (κ1) is 24.7. The van der Waals surface area contributed by atoms with Crippen LogP contribution < -0.4 is 4.74 Å². The number of ether oxygens (including phenoxy) is 1. The number of carboxylic acid groups (broad SMARTS) is 1. The predicted molar refractivity (Wildman–Crippen MR) is 139 cm³/mol. The average molecular weight is 498 g/mol. The number of hydrogen-bond acceptors (Lipinski definition) is 6. The maximum Gasteiger partial charge on any atom is 0.304 e. The quantitative estimate of drug-likeness (QED) is 0.397. The molecular formula is C27H31NO4S2. The van der Waals surface area contributed by atoms with Crippen LogP contribution in [-0.2, 0) is 10.4 Å². The van der Waals surface area contributed by atoms with E-state index < -0.39 is 11.6 Å². The van der Waals surface area contributed by atoms with Crippen molar-refractivity contribution < 1.29 is 19.7 Å². The molecule has 0 saturated carbocycles. The van der Waals surface area contributed by atoms with E-state index in [1.54, 1.807) is 29.8 Å². The first-order valence-corrected chi connectivity index (χ1v) is 13.2. The van der Waals surface area contributed by atoms with Crippen molar-refractivity contribution in [3.05, 3.63) is 79.7 Å². The van der Waals surface area contributed by atoms with Crippen LogP contribution in [0.15, 0.2) is 53.2 Å². The summed E-state index contributed by atoms with van der Waals surface area (Å²) in [6.07, 6.45) is 3.47. The fourth-order valence-corrected chi connectivity index (χ4v) is 6.80. The Hall–Kier alpha value is -2.45. The summed E-state index contributed by atoms with van der Waals surface area (Å²) in [6, 6.07) is 11.5. The third-order valence-corrected chi connectivity index (χ3v) is 8.67. The molecule has 2 aromatic heterocycles. The van der Waals surface area contributed by atoms with Gasteiger partial charge in [-0.2, -0.15) is 0 Å². The van der Waals surface area contributed by atoms with Gasteiger partial charge in [0.15, 0.2) is 0 Å². The van der Waals surface area contributed by atoms with E-state index in [1.807, 2.05) is 24.3 Å². The molecule has 1 aliphatic rings. The molecule has 7 heteroatoms. The van der Waals surface area contributed by atoms with Crippen molar-refractivity contribution in [2.24, 2.45) is 0 Å². The highest BCUT2D eigenvalue weighted by Gasteiger charge is 2.44. The number of carbonyl (C=O) groups is 1. The molecule has 2 N–H and O–H groups in total. The number of hydrogen-bond donors (Lipinski definition) is 2. The molecule has 3 heterocycles. The lowest BCUT2D eigenvalue weighted by Crippen LogP contribution is -2.34. The van der Waals surface area contributed by atoms with Crippen molar-refractivity contribution in [1.29, 1.82) is 0 Å². The van der Waals surface area contributed by atoms with E-state index in [-0.39, 0.29) is 12.5 Å². The fourth-order valence-electron chi connectivity index (χ4n) is 4.78. The Morgan fingerprint density at radius 2 is 1.74 bits per heavy atom. The highest BCUT2D eigenvalue weighted by atomic mass is 32.1. The van der Waals surface area contributed by atoms with Crippen molar-refractivity contribution in [2.45, 2.75) is 44.8 Å². The molecule has 4 rings (SSSR count). The van der Waals surface area contributed by atoms with E-state index in [9.17, 15) is 15.0 Å². The van der Waals surface area contributed by atoms with Gasteiger partial charge in [0.25, 0.3) is 0 Å². The summed E-state index contributed by atoms with van der Waals surface area (Å²) in [4.78, 5) is 16.3. The molecule has 34 heavy (non-hydrogen) atoms. The van der Waals surface area contributed by atoms with Crippen LogP contribution in [0.3, 0.4) is 0 Å². The zero-order valence-electron chi connectivity index (χ0n) is 19.8. The summed E-state index contributed by atoms with van der Waals surface area (Å²) >= 11 is 3.51. The van der Waals surface area contributed by atoms with Crippen LogP contribution in [-0.4, -0.2) is 47.3 Å². The van der Waals surface area contributed by atoms with E-state index in [0.29, 0.717) is 19.5 Å². The van der Waals surface area contributed by atoms with Gasteiger partial charge in [-0.3, -0.25) is 9.69 Å². The van der Waals surface area contributed by atoms with Gasteiger partial charge in [0.2, 0.25) is 0 Å². The van der Waals surface area contributed by atoms with Crippen LogP contribution in [0.2, 0.25) is 0 Å². The summed E-state index contributed by atoms with van der Waals surface area (Å²) in [6.45, 7) is 5.38. The van der Waals surface area contributed by atoms with Gasteiger partial charge in [-0.25, -0.2) is 0 Å². The Kier molecular flexibility index (Phi) is 7.57. The van der Waals surface area contributed by atoms with Crippen molar-refractivity contribution >= 4 is 34.2 Å². The number of β-amino-alcohol motifs (C(OH)–C–C–N with tert-alkyl or cyclic N) is 1. The molecule has 5 nitrogen and oxygen atoms in total. The van der Waals surface area contributed by atoms with Crippen LogP contribution in [0.5, 0.6) is 5.75 Å².